The molecule has 2 heterocycles. The Hall–Kier alpha value is -3.10. The number of rotatable bonds is 7. The van der Waals surface area contributed by atoms with Crippen molar-refractivity contribution in [3.05, 3.63) is 93.3 Å². The number of benzene rings is 2. The van der Waals surface area contributed by atoms with E-state index in [1.165, 1.54) is 15.8 Å². The first-order valence-corrected chi connectivity index (χ1v) is 10.7. The Balaban J connectivity index is 1.35. The Morgan fingerprint density at radius 3 is 2.71 bits per heavy atom. The van der Waals surface area contributed by atoms with Gasteiger partial charge in [-0.25, -0.2) is 4.68 Å². The van der Waals surface area contributed by atoms with E-state index in [4.69, 9.17) is 16.3 Å². The average molecular weight is 501 g/mol. The maximum atomic E-state index is 12.5. The van der Waals surface area contributed by atoms with Crippen LogP contribution in [0.2, 0.25) is 5.02 Å². The van der Waals surface area contributed by atoms with Crippen molar-refractivity contribution in [3.8, 4) is 5.75 Å². The molecule has 158 valence electrons. The third kappa shape index (κ3) is 5.34. The van der Waals surface area contributed by atoms with E-state index in [0.29, 0.717) is 23.1 Å². The van der Waals surface area contributed by atoms with Gasteiger partial charge in [-0.2, -0.15) is 10.2 Å². The van der Waals surface area contributed by atoms with Crippen LogP contribution in [-0.2, 0) is 13.3 Å². The number of ether oxygens (including phenoxy) is 1. The summed E-state index contributed by atoms with van der Waals surface area (Å²) in [6.45, 7) is 2.82. The maximum Gasteiger partial charge on any atom is 0.277 e. The number of aryl methyl sites for hydroxylation is 1. The molecule has 31 heavy (non-hydrogen) atoms. The van der Waals surface area contributed by atoms with Gasteiger partial charge in [0, 0.05) is 22.9 Å². The summed E-state index contributed by atoms with van der Waals surface area (Å²) in [7, 11) is 0. The molecule has 7 nitrogen and oxygen atoms in total. The van der Waals surface area contributed by atoms with Crippen molar-refractivity contribution in [2.24, 2.45) is 0 Å². The molecule has 0 radical (unpaired) electrons. The topological polar surface area (TPSA) is 74.0 Å². The summed E-state index contributed by atoms with van der Waals surface area (Å²) in [6.07, 6.45) is 3.49. The van der Waals surface area contributed by atoms with E-state index in [1.807, 2.05) is 24.4 Å². The number of hydrogen-bond donors (Lipinski definition) is 1. The van der Waals surface area contributed by atoms with Crippen LogP contribution < -0.4 is 10.1 Å². The normalized spacial score (nSPS) is 10.8. The summed E-state index contributed by atoms with van der Waals surface area (Å²) in [6, 6.07) is 16.8. The minimum absolute atomic E-state index is 0.125. The first-order chi connectivity index (χ1) is 15.0. The Bertz CT molecular complexity index is 1220. The molecular formula is C22H19BrClN5O2. The summed E-state index contributed by atoms with van der Waals surface area (Å²) in [5.74, 6) is 0.651. The highest BCUT2D eigenvalue weighted by atomic mass is 79.9. The number of nitrogens with one attached hydrogen (secondary N) is 1. The predicted octanol–water partition coefficient (Wildman–Crippen LogP) is 5.14. The number of amides is 1. The molecule has 1 amide bonds. The summed E-state index contributed by atoms with van der Waals surface area (Å²) in [5.41, 5.74) is 2.63. The zero-order valence-electron chi connectivity index (χ0n) is 16.6. The Labute approximate surface area is 192 Å². The third-order valence-electron chi connectivity index (χ3n) is 4.60. The second-order valence-electron chi connectivity index (χ2n) is 6.87. The first kappa shape index (κ1) is 21.1. The van der Waals surface area contributed by atoms with Crippen molar-refractivity contribution in [2.75, 3.05) is 5.32 Å². The molecule has 0 aliphatic heterocycles. The van der Waals surface area contributed by atoms with Crippen LogP contribution in [-0.4, -0.2) is 25.5 Å². The van der Waals surface area contributed by atoms with E-state index < -0.39 is 0 Å². The van der Waals surface area contributed by atoms with Gasteiger partial charge in [0.25, 0.3) is 5.91 Å². The van der Waals surface area contributed by atoms with Crippen molar-refractivity contribution in [2.45, 2.75) is 20.2 Å². The summed E-state index contributed by atoms with van der Waals surface area (Å²) in [5, 5.41) is 11.9. The third-order valence-corrected chi connectivity index (χ3v) is 5.38. The van der Waals surface area contributed by atoms with Gasteiger partial charge in [0.05, 0.1) is 11.6 Å². The molecule has 0 atom stereocenters. The second-order valence-corrected chi connectivity index (χ2v) is 8.19. The van der Waals surface area contributed by atoms with Crippen LogP contribution in [0.5, 0.6) is 5.75 Å². The minimum Gasteiger partial charge on any atom is -0.470 e. The van der Waals surface area contributed by atoms with Gasteiger partial charge >= 0.3 is 0 Å². The van der Waals surface area contributed by atoms with E-state index in [9.17, 15) is 4.79 Å². The van der Waals surface area contributed by atoms with Gasteiger partial charge in [0.15, 0.2) is 18.2 Å². The zero-order valence-corrected chi connectivity index (χ0v) is 19.0. The predicted molar refractivity (Wildman–Crippen MR) is 122 cm³/mol. The number of aromatic nitrogens is 4. The SMILES string of the molecule is Cc1ccccc1Cn1ccc(NC(=O)c2ccn(COc3ccc(Br)cc3Cl)n2)n1. The van der Waals surface area contributed by atoms with Crippen LogP contribution in [0.15, 0.2) is 71.5 Å². The highest BCUT2D eigenvalue weighted by molar-refractivity contribution is 9.10. The van der Waals surface area contributed by atoms with Gasteiger partial charge < -0.3 is 10.1 Å². The minimum atomic E-state index is -0.346. The van der Waals surface area contributed by atoms with Crippen LogP contribution in [0, 0.1) is 6.92 Å². The molecule has 0 saturated carbocycles. The number of halogens is 2. The smallest absolute Gasteiger partial charge is 0.277 e. The lowest BCUT2D eigenvalue weighted by Crippen LogP contribution is -2.15. The van der Waals surface area contributed by atoms with Crippen LogP contribution >= 0.6 is 27.5 Å². The number of carbonyl (C=O) groups excluding carboxylic acids is 1. The molecule has 0 unspecified atom stereocenters. The van der Waals surface area contributed by atoms with E-state index >= 15 is 0 Å². The van der Waals surface area contributed by atoms with Crippen molar-refractivity contribution >= 4 is 39.3 Å². The van der Waals surface area contributed by atoms with E-state index in [0.717, 1.165) is 4.47 Å². The molecule has 9 heteroatoms. The summed E-state index contributed by atoms with van der Waals surface area (Å²) >= 11 is 9.50. The van der Waals surface area contributed by atoms with Gasteiger partial charge in [0.2, 0.25) is 0 Å². The first-order valence-electron chi connectivity index (χ1n) is 9.48. The van der Waals surface area contributed by atoms with E-state index in [1.54, 1.807) is 35.1 Å². The summed E-state index contributed by atoms with van der Waals surface area (Å²) < 4.78 is 9.83. The molecular weight excluding hydrogens is 482 g/mol. The van der Waals surface area contributed by atoms with Crippen LogP contribution in [0.1, 0.15) is 21.6 Å². The maximum absolute atomic E-state index is 12.5. The highest BCUT2D eigenvalue weighted by Gasteiger charge is 2.12. The standard InChI is InChI=1S/C22H19BrClN5O2/c1-15-4-2-3-5-16(15)13-28-11-9-21(27-28)25-22(30)19-8-10-29(26-19)14-31-20-7-6-17(23)12-18(20)24/h2-12H,13-14H2,1H3,(H,25,27,30). The molecule has 0 aliphatic rings. The fourth-order valence-corrected chi connectivity index (χ4v) is 3.67. The van der Waals surface area contributed by atoms with Gasteiger partial charge in [-0.05, 0) is 42.3 Å². The van der Waals surface area contributed by atoms with E-state index in [-0.39, 0.29) is 18.3 Å². The number of anilines is 1. The Morgan fingerprint density at radius 1 is 1.10 bits per heavy atom. The molecule has 2 aromatic heterocycles. The lowest BCUT2D eigenvalue weighted by molar-refractivity contribution is 0.101. The fraction of sp³-hybridized carbons (Fsp3) is 0.136. The highest BCUT2D eigenvalue weighted by Crippen LogP contribution is 2.27. The molecule has 4 aromatic rings. The molecule has 1 N–H and O–H groups in total. The molecule has 4 rings (SSSR count). The molecule has 2 aromatic carbocycles. The Kier molecular flexibility index (Phi) is 6.39. The van der Waals surface area contributed by atoms with Gasteiger partial charge in [-0.1, -0.05) is 51.8 Å². The van der Waals surface area contributed by atoms with Crippen LogP contribution in [0.25, 0.3) is 0 Å². The number of carbonyl (C=O) groups is 1. The number of hydrogen-bond acceptors (Lipinski definition) is 4. The molecule has 0 bridgehead atoms. The Morgan fingerprint density at radius 2 is 1.90 bits per heavy atom. The monoisotopic (exact) mass is 499 g/mol. The second kappa shape index (κ2) is 9.36. The van der Waals surface area contributed by atoms with Crippen LogP contribution in [0.4, 0.5) is 5.82 Å². The quantitative estimate of drug-likeness (QED) is 0.381. The molecule has 0 aliphatic carbocycles. The van der Waals surface area contributed by atoms with Crippen molar-refractivity contribution in [1.29, 1.82) is 0 Å². The average Bonchev–Trinajstić information content (AvgIpc) is 3.39. The molecule has 0 spiro atoms. The van der Waals surface area contributed by atoms with E-state index in [2.05, 4.69) is 50.5 Å². The number of nitrogens with zero attached hydrogens (tertiary/aromatic N) is 4. The zero-order chi connectivity index (χ0) is 21.8. The lowest BCUT2D eigenvalue weighted by Gasteiger charge is -2.08. The van der Waals surface area contributed by atoms with Crippen LogP contribution in [0.3, 0.4) is 0 Å². The molecule has 0 saturated heterocycles. The van der Waals surface area contributed by atoms with Crippen molar-refractivity contribution < 1.29 is 9.53 Å². The van der Waals surface area contributed by atoms with Gasteiger partial charge in [0.1, 0.15) is 5.75 Å². The lowest BCUT2D eigenvalue weighted by atomic mass is 10.1. The molecule has 0 fully saturated rings. The largest absolute Gasteiger partial charge is 0.470 e. The van der Waals surface area contributed by atoms with Crippen molar-refractivity contribution in [1.82, 2.24) is 19.6 Å². The summed E-state index contributed by atoms with van der Waals surface area (Å²) in [4.78, 5) is 12.5. The van der Waals surface area contributed by atoms with Crippen molar-refractivity contribution in [3.63, 3.8) is 0 Å². The van der Waals surface area contributed by atoms with Gasteiger partial charge in [-0.15, -0.1) is 0 Å². The fourth-order valence-electron chi connectivity index (χ4n) is 2.94. The van der Waals surface area contributed by atoms with Gasteiger partial charge in [-0.3, -0.25) is 9.48 Å².